The van der Waals surface area contributed by atoms with E-state index < -0.39 is 35.6 Å². The third-order valence-corrected chi connectivity index (χ3v) is 7.97. The number of fused-ring (bicyclic) bond motifs is 1. The van der Waals surface area contributed by atoms with E-state index in [2.05, 4.69) is 21.6 Å². The summed E-state index contributed by atoms with van der Waals surface area (Å²) < 4.78 is 35.7. The Kier molecular flexibility index (Phi) is 5.83. The van der Waals surface area contributed by atoms with Crippen molar-refractivity contribution >= 4 is 22.7 Å². The average Bonchev–Trinajstić information content (AvgIpc) is 3.30. The fraction of sp³-hybridized carbons (Fsp3) is 0.345. The molecule has 0 radical (unpaired) electrons. The van der Waals surface area contributed by atoms with E-state index in [-0.39, 0.29) is 30.8 Å². The van der Waals surface area contributed by atoms with Gasteiger partial charge in [0.25, 0.3) is 5.91 Å². The fourth-order valence-corrected chi connectivity index (χ4v) is 5.23. The van der Waals surface area contributed by atoms with Gasteiger partial charge in [-0.25, -0.2) is 8.78 Å². The summed E-state index contributed by atoms with van der Waals surface area (Å²) >= 11 is 0. The minimum Gasteiger partial charge on any atom is -0.451 e. The monoisotopic (exact) mass is 529 g/mol. The molecule has 39 heavy (non-hydrogen) atoms. The lowest BCUT2D eigenvalue weighted by molar-refractivity contribution is -0.131. The Morgan fingerprint density at radius 3 is 2.26 bits per heavy atom. The minimum absolute atomic E-state index is 0.00367. The zero-order chi connectivity index (χ0) is 27.3. The number of hydrogen-bond donors (Lipinski definition) is 1. The highest BCUT2D eigenvalue weighted by atomic mass is 19.3. The summed E-state index contributed by atoms with van der Waals surface area (Å²) in [5, 5.41) is 20.5. The van der Waals surface area contributed by atoms with Crippen LogP contribution in [0.15, 0.2) is 65.6 Å². The van der Waals surface area contributed by atoms with Crippen LogP contribution in [0.25, 0.3) is 27.8 Å². The van der Waals surface area contributed by atoms with Gasteiger partial charge in [0.05, 0.1) is 17.0 Å². The number of hydrogen-bond acceptors (Lipinski definition) is 6. The van der Waals surface area contributed by atoms with E-state index in [0.717, 1.165) is 16.8 Å². The summed E-state index contributed by atoms with van der Waals surface area (Å²) in [6.07, 6.45) is 3.02. The van der Waals surface area contributed by atoms with Crippen LogP contribution >= 0.6 is 0 Å². The number of aromatic nitrogens is 3. The number of Topliss-reactive ketones (excluding diaryl/α,β-unsaturated/α-hetero) is 1. The first-order valence-corrected chi connectivity index (χ1v) is 12.8. The number of ketones is 1. The largest absolute Gasteiger partial charge is 0.451 e. The van der Waals surface area contributed by atoms with Gasteiger partial charge in [-0.2, -0.15) is 5.26 Å². The van der Waals surface area contributed by atoms with Crippen molar-refractivity contribution in [1.82, 2.24) is 20.1 Å². The second-order valence-electron chi connectivity index (χ2n) is 10.7. The van der Waals surface area contributed by atoms with Gasteiger partial charge in [0.1, 0.15) is 18.2 Å². The Balaban J connectivity index is 1.23. The van der Waals surface area contributed by atoms with E-state index in [0.29, 0.717) is 23.8 Å². The van der Waals surface area contributed by atoms with Gasteiger partial charge in [0.15, 0.2) is 11.5 Å². The Hall–Kier alpha value is -4.39. The number of halogens is 2. The first-order chi connectivity index (χ1) is 18.7. The molecule has 1 N–H and O–H groups in total. The number of rotatable bonds is 7. The normalized spacial score (nSPS) is 18.8. The molecule has 8 nitrogen and oxygen atoms in total. The van der Waals surface area contributed by atoms with Crippen LogP contribution in [0.1, 0.15) is 55.5 Å². The summed E-state index contributed by atoms with van der Waals surface area (Å²) in [6, 6.07) is 17.1. The molecule has 2 aliphatic carbocycles. The number of carbonyl (C=O) groups excluding carboxylic acids is 2. The first kappa shape index (κ1) is 24.9. The average molecular weight is 530 g/mol. The van der Waals surface area contributed by atoms with Gasteiger partial charge in [0, 0.05) is 30.3 Å². The Morgan fingerprint density at radius 2 is 1.62 bits per heavy atom. The summed E-state index contributed by atoms with van der Waals surface area (Å²) in [5.74, 6) is -3.88. The van der Waals surface area contributed by atoms with Gasteiger partial charge in [-0.3, -0.25) is 14.2 Å². The van der Waals surface area contributed by atoms with Crippen LogP contribution in [0.3, 0.4) is 0 Å². The number of benzene rings is 2. The predicted octanol–water partition coefficient (Wildman–Crippen LogP) is 5.62. The topological polar surface area (TPSA) is 114 Å². The minimum atomic E-state index is -2.88. The molecule has 2 aromatic heterocycles. The van der Waals surface area contributed by atoms with Crippen molar-refractivity contribution in [3.05, 3.63) is 66.9 Å². The molecule has 4 aromatic rings. The zero-order valence-electron chi connectivity index (χ0n) is 21.0. The van der Waals surface area contributed by atoms with Gasteiger partial charge in [-0.1, -0.05) is 24.3 Å². The van der Waals surface area contributed by atoms with Gasteiger partial charge >= 0.3 is 0 Å². The molecule has 198 valence electrons. The fourth-order valence-electron chi connectivity index (χ4n) is 5.23. The lowest BCUT2D eigenvalue weighted by Gasteiger charge is -2.39. The number of nitriles is 1. The molecule has 10 heteroatoms. The molecule has 2 aliphatic rings. The number of nitrogens with zero attached hydrogens (tertiary/aromatic N) is 4. The predicted molar refractivity (Wildman–Crippen MR) is 137 cm³/mol. The molecule has 2 fully saturated rings. The van der Waals surface area contributed by atoms with E-state index in [1.807, 2.05) is 42.5 Å². The van der Waals surface area contributed by atoms with E-state index in [9.17, 15) is 23.6 Å². The van der Waals surface area contributed by atoms with Crippen molar-refractivity contribution in [3.63, 3.8) is 0 Å². The van der Waals surface area contributed by atoms with Crippen molar-refractivity contribution in [2.45, 2.75) is 56.4 Å². The lowest BCUT2D eigenvalue weighted by Crippen LogP contribution is -2.58. The van der Waals surface area contributed by atoms with Crippen LogP contribution in [0.4, 0.5) is 8.78 Å². The van der Waals surface area contributed by atoms with E-state index in [1.54, 1.807) is 23.3 Å². The maximum Gasteiger partial charge on any atom is 0.287 e. The highest BCUT2D eigenvalue weighted by Crippen LogP contribution is 2.50. The molecule has 6 rings (SSSR count). The Morgan fingerprint density at radius 1 is 0.949 bits per heavy atom. The Labute approximate surface area is 222 Å². The highest BCUT2D eigenvalue weighted by Gasteiger charge is 2.53. The summed E-state index contributed by atoms with van der Waals surface area (Å²) in [7, 11) is 0. The van der Waals surface area contributed by atoms with Crippen molar-refractivity contribution < 1.29 is 22.8 Å². The molecule has 0 saturated heterocycles. The summed E-state index contributed by atoms with van der Waals surface area (Å²) in [5.41, 5.74) is 1.03. The number of carbonyl (C=O) groups is 2. The van der Waals surface area contributed by atoms with Crippen molar-refractivity contribution in [1.29, 1.82) is 5.26 Å². The van der Waals surface area contributed by atoms with Gasteiger partial charge in [-0.05, 0) is 61.1 Å². The van der Waals surface area contributed by atoms with Crippen molar-refractivity contribution in [2.75, 3.05) is 0 Å². The van der Waals surface area contributed by atoms with Crippen LogP contribution < -0.4 is 5.32 Å². The molecule has 0 atom stereocenters. The summed E-state index contributed by atoms with van der Waals surface area (Å²) in [4.78, 5) is 26.6. The first-order valence-electron chi connectivity index (χ1n) is 12.8. The smallest absolute Gasteiger partial charge is 0.287 e. The quantitative estimate of drug-likeness (QED) is 0.332. The lowest BCUT2D eigenvalue weighted by atomic mass is 9.74. The van der Waals surface area contributed by atoms with Crippen LogP contribution in [-0.2, 0) is 4.79 Å². The molecular weight excluding hydrogens is 504 g/mol. The molecule has 0 unspecified atom stereocenters. The standard InChI is InChI=1S/C29H25F2N5O3/c30-29(31)11-9-28(10-12-29,25(37)15-27(16-32)7-8-27)35-26(38)24-14-21-2-1-20(13-23(21)39-24)19-3-5-22(6-4-19)36-17-33-34-18-36/h1-6,13-14,17-18H,7-12,15H2,(H,35,38). The van der Waals surface area contributed by atoms with Crippen LogP contribution in [-0.4, -0.2) is 37.9 Å². The molecule has 1 amide bonds. The second kappa shape index (κ2) is 9.12. The van der Waals surface area contributed by atoms with E-state index >= 15 is 0 Å². The highest BCUT2D eigenvalue weighted by molar-refractivity contribution is 6.01. The van der Waals surface area contributed by atoms with Gasteiger partial charge in [-0.15, -0.1) is 10.2 Å². The Bertz CT molecular complexity index is 1590. The molecule has 0 spiro atoms. The van der Waals surface area contributed by atoms with Gasteiger partial charge < -0.3 is 9.73 Å². The zero-order valence-corrected chi connectivity index (χ0v) is 21.0. The van der Waals surface area contributed by atoms with Crippen molar-refractivity contribution in [3.8, 4) is 22.9 Å². The molecule has 2 aromatic carbocycles. The van der Waals surface area contributed by atoms with Crippen molar-refractivity contribution in [2.24, 2.45) is 5.41 Å². The maximum atomic E-state index is 14.0. The molecule has 0 bridgehead atoms. The molecular formula is C29H25F2N5O3. The van der Waals surface area contributed by atoms with E-state index in [1.165, 1.54) is 0 Å². The number of furan rings is 1. The number of amides is 1. The number of nitrogens with one attached hydrogen (secondary N) is 1. The van der Waals surface area contributed by atoms with E-state index in [4.69, 9.17) is 4.42 Å². The van der Waals surface area contributed by atoms with Gasteiger partial charge in [0.2, 0.25) is 5.92 Å². The third kappa shape index (κ3) is 4.80. The maximum absolute atomic E-state index is 14.0. The van der Waals surface area contributed by atoms with Crippen LogP contribution in [0.5, 0.6) is 0 Å². The summed E-state index contributed by atoms with van der Waals surface area (Å²) in [6.45, 7) is 0. The third-order valence-electron chi connectivity index (χ3n) is 7.97. The molecule has 2 heterocycles. The second-order valence-corrected chi connectivity index (χ2v) is 10.7. The van der Waals surface area contributed by atoms with Crippen LogP contribution in [0, 0.1) is 16.7 Å². The number of alkyl halides is 2. The SMILES string of the molecule is N#CC1(CC(=O)C2(NC(=O)c3cc4ccc(-c5ccc(-n6cnnc6)cc5)cc4o3)CCC(F)(F)CC2)CC1. The molecule has 2 saturated carbocycles. The molecule has 0 aliphatic heterocycles. The van der Waals surface area contributed by atoms with Crippen LogP contribution in [0.2, 0.25) is 0 Å².